The third-order valence-corrected chi connectivity index (χ3v) is 0.612. The van der Waals surface area contributed by atoms with Gasteiger partial charge in [0.2, 0.25) is 0 Å². The van der Waals surface area contributed by atoms with Gasteiger partial charge >= 0.3 is 0 Å². The Hall–Kier alpha value is -0.910. The Bertz CT molecular complexity index is 117. The highest BCUT2D eigenvalue weighted by molar-refractivity contribution is 5.13. The summed E-state index contributed by atoms with van der Waals surface area (Å²) in [6.07, 6.45) is 0.875. The molecule has 0 saturated carbocycles. The van der Waals surface area contributed by atoms with Crippen molar-refractivity contribution < 1.29 is 8.78 Å². The number of hydrogen-bond acceptors (Lipinski definition) is 1. The van der Waals surface area contributed by atoms with Crippen LogP contribution in [-0.4, -0.2) is 13.3 Å². The van der Waals surface area contributed by atoms with Crippen molar-refractivity contribution in [2.24, 2.45) is 0 Å². The molecule has 0 saturated heterocycles. The van der Waals surface area contributed by atoms with Gasteiger partial charge in [-0.3, -0.25) is 0 Å². The summed E-state index contributed by atoms with van der Waals surface area (Å²) in [5.74, 6) is 0. The SMILES string of the molecule is N#CC=C(CF)CF. The lowest BCUT2D eigenvalue weighted by atomic mass is 10.3. The Morgan fingerprint density at radius 1 is 1.50 bits per heavy atom. The quantitative estimate of drug-likeness (QED) is 0.501. The van der Waals surface area contributed by atoms with Crippen LogP contribution in [0.4, 0.5) is 8.78 Å². The fourth-order valence-electron chi connectivity index (χ4n) is 0.204. The van der Waals surface area contributed by atoms with Gasteiger partial charge in [0, 0.05) is 11.6 Å². The molecule has 0 unspecified atom stereocenters. The predicted molar refractivity (Wildman–Crippen MR) is 25.6 cm³/mol. The third-order valence-electron chi connectivity index (χ3n) is 0.612. The first-order chi connectivity index (χ1) is 3.85. The van der Waals surface area contributed by atoms with E-state index in [0.29, 0.717) is 0 Å². The number of alkyl halides is 2. The minimum atomic E-state index is -0.871. The Morgan fingerprint density at radius 2 is 2.00 bits per heavy atom. The van der Waals surface area contributed by atoms with Gasteiger partial charge in [-0.2, -0.15) is 5.26 Å². The first kappa shape index (κ1) is 7.09. The standard InChI is InChI=1S/C5H5F2N/c6-3-5(4-7)1-2-8/h1H,3-4H2. The van der Waals surface area contributed by atoms with Crippen LogP contribution < -0.4 is 0 Å². The number of nitrogens with zero attached hydrogens (tertiary/aromatic N) is 1. The molecule has 3 heteroatoms. The number of halogens is 2. The lowest BCUT2D eigenvalue weighted by Crippen LogP contribution is -1.85. The zero-order valence-corrected chi connectivity index (χ0v) is 4.19. The lowest BCUT2D eigenvalue weighted by molar-refractivity contribution is 0.475. The first-order valence-corrected chi connectivity index (χ1v) is 2.04. The van der Waals surface area contributed by atoms with E-state index in [-0.39, 0.29) is 5.57 Å². The summed E-state index contributed by atoms with van der Waals surface area (Å²) in [5.41, 5.74) is -0.104. The fourth-order valence-corrected chi connectivity index (χ4v) is 0.204. The monoisotopic (exact) mass is 117 g/mol. The van der Waals surface area contributed by atoms with Crippen LogP contribution in [0, 0.1) is 11.3 Å². The Kier molecular flexibility index (Phi) is 3.77. The van der Waals surface area contributed by atoms with E-state index in [1.807, 2.05) is 0 Å². The second kappa shape index (κ2) is 4.25. The van der Waals surface area contributed by atoms with Crippen LogP contribution in [0.3, 0.4) is 0 Å². The van der Waals surface area contributed by atoms with Crippen LogP contribution >= 0.6 is 0 Å². The molecule has 8 heavy (non-hydrogen) atoms. The highest BCUT2D eigenvalue weighted by Crippen LogP contribution is 1.93. The Morgan fingerprint density at radius 3 is 2.12 bits per heavy atom. The van der Waals surface area contributed by atoms with E-state index >= 15 is 0 Å². The normalized spacial score (nSPS) is 7.62. The summed E-state index contributed by atoms with van der Waals surface area (Å²) in [6, 6.07) is 1.53. The minimum absolute atomic E-state index is 0.104. The van der Waals surface area contributed by atoms with Crippen molar-refractivity contribution in [3.63, 3.8) is 0 Å². The first-order valence-electron chi connectivity index (χ1n) is 2.04. The van der Waals surface area contributed by atoms with E-state index < -0.39 is 13.3 Å². The van der Waals surface area contributed by atoms with Crippen LogP contribution in [0.15, 0.2) is 11.6 Å². The summed E-state index contributed by atoms with van der Waals surface area (Å²) < 4.78 is 22.8. The maximum Gasteiger partial charge on any atom is 0.114 e. The summed E-state index contributed by atoms with van der Waals surface area (Å²) >= 11 is 0. The van der Waals surface area contributed by atoms with Crippen LogP contribution in [0.1, 0.15) is 0 Å². The zero-order chi connectivity index (χ0) is 6.41. The van der Waals surface area contributed by atoms with Crippen LogP contribution in [-0.2, 0) is 0 Å². The molecule has 0 N–H and O–H groups in total. The van der Waals surface area contributed by atoms with Crippen LogP contribution in [0.2, 0.25) is 0 Å². The number of nitriles is 1. The lowest BCUT2D eigenvalue weighted by Gasteiger charge is -1.86. The molecule has 1 nitrogen and oxygen atoms in total. The second-order valence-corrected chi connectivity index (χ2v) is 1.20. The molecule has 0 aromatic heterocycles. The molecule has 0 spiro atoms. The molecule has 0 amide bonds. The van der Waals surface area contributed by atoms with Crippen LogP contribution in [0.5, 0.6) is 0 Å². The average molecular weight is 117 g/mol. The van der Waals surface area contributed by atoms with Crippen molar-refractivity contribution in [2.45, 2.75) is 0 Å². The number of rotatable bonds is 2. The van der Waals surface area contributed by atoms with Gasteiger partial charge in [0.15, 0.2) is 0 Å². The van der Waals surface area contributed by atoms with Crippen LogP contribution in [0.25, 0.3) is 0 Å². The molecule has 0 aromatic rings. The van der Waals surface area contributed by atoms with Crippen molar-refractivity contribution >= 4 is 0 Å². The Labute approximate surface area is 46.2 Å². The van der Waals surface area contributed by atoms with E-state index in [2.05, 4.69) is 0 Å². The molecule has 0 atom stereocenters. The van der Waals surface area contributed by atoms with Gasteiger partial charge in [0.1, 0.15) is 13.3 Å². The average Bonchev–Trinajstić information content (AvgIpc) is 1.83. The minimum Gasteiger partial charge on any atom is -0.246 e. The summed E-state index contributed by atoms with van der Waals surface area (Å²) in [4.78, 5) is 0. The van der Waals surface area contributed by atoms with Gasteiger partial charge in [-0.1, -0.05) is 0 Å². The molecular weight excluding hydrogens is 112 g/mol. The Balaban J connectivity index is 3.72. The van der Waals surface area contributed by atoms with E-state index in [1.54, 1.807) is 0 Å². The van der Waals surface area contributed by atoms with Crippen molar-refractivity contribution in [3.05, 3.63) is 11.6 Å². The molecule has 0 rings (SSSR count). The van der Waals surface area contributed by atoms with Gasteiger partial charge < -0.3 is 0 Å². The molecular formula is C5H5F2N. The highest BCUT2D eigenvalue weighted by Gasteiger charge is 1.91. The van der Waals surface area contributed by atoms with E-state index in [1.165, 1.54) is 6.07 Å². The topological polar surface area (TPSA) is 23.8 Å². The van der Waals surface area contributed by atoms with E-state index in [4.69, 9.17) is 5.26 Å². The molecule has 0 bridgehead atoms. The van der Waals surface area contributed by atoms with E-state index in [9.17, 15) is 8.78 Å². The molecule has 0 aliphatic rings. The fraction of sp³-hybridized carbons (Fsp3) is 0.400. The predicted octanol–water partition coefficient (Wildman–Crippen LogP) is 1.38. The maximum atomic E-state index is 11.4. The third kappa shape index (κ3) is 2.30. The van der Waals surface area contributed by atoms with Crippen molar-refractivity contribution in [1.29, 1.82) is 5.26 Å². The van der Waals surface area contributed by atoms with Gasteiger partial charge in [0.25, 0.3) is 0 Å². The van der Waals surface area contributed by atoms with Gasteiger partial charge in [-0.15, -0.1) is 0 Å². The highest BCUT2D eigenvalue weighted by atomic mass is 19.1. The van der Waals surface area contributed by atoms with Gasteiger partial charge in [0.05, 0.1) is 6.07 Å². The largest absolute Gasteiger partial charge is 0.246 e. The molecule has 44 valence electrons. The number of hydrogen-bond donors (Lipinski definition) is 0. The molecule has 0 heterocycles. The number of allylic oxidation sites excluding steroid dienone is 2. The van der Waals surface area contributed by atoms with Crippen molar-refractivity contribution in [2.75, 3.05) is 13.3 Å². The van der Waals surface area contributed by atoms with Crippen molar-refractivity contribution in [3.8, 4) is 6.07 Å². The summed E-state index contributed by atoms with van der Waals surface area (Å²) in [7, 11) is 0. The summed E-state index contributed by atoms with van der Waals surface area (Å²) in [5, 5.41) is 7.84. The van der Waals surface area contributed by atoms with E-state index in [0.717, 1.165) is 6.08 Å². The zero-order valence-electron chi connectivity index (χ0n) is 4.19. The molecule has 0 aromatic carbocycles. The van der Waals surface area contributed by atoms with Crippen molar-refractivity contribution in [1.82, 2.24) is 0 Å². The smallest absolute Gasteiger partial charge is 0.114 e. The maximum absolute atomic E-state index is 11.4. The summed E-state index contributed by atoms with van der Waals surface area (Å²) in [6.45, 7) is -1.74. The van der Waals surface area contributed by atoms with Gasteiger partial charge in [-0.25, -0.2) is 8.78 Å². The molecule has 0 aliphatic heterocycles. The van der Waals surface area contributed by atoms with Gasteiger partial charge in [-0.05, 0) is 0 Å². The second-order valence-electron chi connectivity index (χ2n) is 1.20. The molecule has 0 fully saturated rings. The molecule has 0 radical (unpaired) electrons. The molecule has 0 aliphatic carbocycles.